The zero-order valence-electron chi connectivity index (χ0n) is 16.4. The Bertz CT molecular complexity index is 957. The first-order chi connectivity index (χ1) is 14.2. The second-order valence-electron chi connectivity index (χ2n) is 8.07. The lowest BCUT2D eigenvalue weighted by atomic mass is 9.96. The van der Waals surface area contributed by atoms with Crippen molar-refractivity contribution in [3.8, 4) is 0 Å². The number of piperidine rings is 1. The van der Waals surface area contributed by atoms with Crippen molar-refractivity contribution in [1.29, 1.82) is 0 Å². The quantitative estimate of drug-likeness (QED) is 0.822. The molecular formula is C21H25N5O2S. The van der Waals surface area contributed by atoms with Crippen LogP contribution in [0.25, 0.3) is 0 Å². The van der Waals surface area contributed by atoms with Crippen LogP contribution in [0.4, 0.5) is 5.69 Å². The smallest absolute Gasteiger partial charge is 0.253 e. The van der Waals surface area contributed by atoms with Gasteiger partial charge in [0.2, 0.25) is 5.91 Å². The Morgan fingerprint density at radius 1 is 1.14 bits per heavy atom. The van der Waals surface area contributed by atoms with Gasteiger partial charge in [0, 0.05) is 42.4 Å². The Morgan fingerprint density at radius 3 is 3.00 bits per heavy atom. The van der Waals surface area contributed by atoms with Gasteiger partial charge in [-0.15, -0.1) is 22.0 Å². The van der Waals surface area contributed by atoms with E-state index in [-0.39, 0.29) is 17.7 Å². The normalized spacial score (nSPS) is 21.7. The van der Waals surface area contributed by atoms with E-state index >= 15 is 0 Å². The van der Waals surface area contributed by atoms with Crippen LogP contribution in [-0.2, 0) is 17.8 Å². The summed E-state index contributed by atoms with van der Waals surface area (Å²) in [5.74, 6) is 2.82. The van der Waals surface area contributed by atoms with E-state index < -0.39 is 0 Å². The van der Waals surface area contributed by atoms with E-state index in [1.54, 1.807) is 0 Å². The molecule has 0 radical (unpaired) electrons. The number of benzene rings is 1. The second-order valence-corrected chi connectivity index (χ2v) is 9.09. The molecule has 0 bridgehead atoms. The summed E-state index contributed by atoms with van der Waals surface area (Å²) >= 11 is 1.51. The maximum atomic E-state index is 13.2. The van der Waals surface area contributed by atoms with Gasteiger partial charge in [0.25, 0.3) is 5.91 Å². The van der Waals surface area contributed by atoms with Gasteiger partial charge in [0.05, 0.1) is 11.4 Å². The summed E-state index contributed by atoms with van der Waals surface area (Å²) in [6.07, 6.45) is 6.61. The third-order valence-corrected chi connectivity index (χ3v) is 7.14. The molecule has 0 spiro atoms. The summed E-state index contributed by atoms with van der Waals surface area (Å²) in [7, 11) is 0. The molecule has 1 aromatic heterocycles. The molecule has 2 aromatic rings. The lowest BCUT2D eigenvalue weighted by Crippen LogP contribution is -2.40. The van der Waals surface area contributed by atoms with Crippen LogP contribution in [0.3, 0.4) is 0 Å². The van der Waals surface area contributed by atoms with Crippen molar-refractivity contribution in [2.24, 2.45) is 0 Å². The van der Waals surface area contributed by atoms with Crippen LogP contribution < -0.4 is 5.32 Å². The van der Waals surface area contributed by atoms with E-state index in [2.05, 4.69) is 20.1 Å². The number of carbonyl (C=O) groups is 2. The Labute approximate surface area is 174 Å². The van der Waals surface area contributed by atoms with Crippen LogP contribution in [-0.4, -0.2) is 50.3 Å². The van der Waals surface area contributed by atoms with Crippen LogP contribution >= 0.6 is 11.8 Å². The lowest BCUT2D eigenvalue weighted by Gasteiger charge is -2.32. The highest BCUT2D eigenvalue weighted by molar-refractivity contribution is 8.00. The van der Waals surface area contributed by atoms with Crippen LogP contribution in [0.5, 0.6) is 0 Å². The Balaban J connectivity index is 1.35. The van der Waals surface area contributed by atoms with E-state index in [9.17, 15) is 9.59 Å². The number of hydrogen-bond donors (Lipinski definition) is 1. The average molecular weight is 412 g/mol. The highest BCUT2D eigenvalue weighted by atomic mass is 32.2. The van der Waals surface area contributed by atoms with E-state index in [0.29, 0.717) is 17.9 Å². The van der Waals surface area contributed by atoms with Crippen molar-refractivity contribution in [2.45, 2.75) is 55.9 Å². The first-order valence-corrected chi connectivity index (χ1v) is 11.5. The maximum Gasteiger partial charge on any atom is 0.253 e. The average Bonchev–Trinajstić information content (AvgIpc) is 3.01. The molecule has 7 nitrogen and oxygen atoms in total. The minimum Gasteiger partial charge on any atom is -0.338 e. The fraction of sp³-hybridized carbons (Fsp3) is 0.524. The number of carbonyl (C=O) groups excluding carboxylic acids is 2. The molecule has 1 aromatic carbocycles. The summed E-state index contributed by atoms with van der Waals surface area (Å²) in [5.41, 5.74) is 1.38. The topological polar surface area (TPSA) is 80.1 Å². The molecule has 3 aliphatic heterocycles. The largest absolute Gasteiger partial charge is 0.338 e. The number of anilines is 1. The van der Waals surface area contributed by atoms with Crippen molar-refractivity contribution in [3.05, 3.63) is 35.4 Å². The molecule has 1 fully saturated rings. The lowest BCUT2D eigenvalue weighted by molar-refractivity contribution is -0.113. The standard InChI is InChI=1S/C21H25N5O2S/c27-19-13-29-17-8-7-14(11-16(17)22-19)21(28)25-9-4-5-15(12-25)20-24-23-18-6-2-1-3-10-26(18)20/h7-8,11,15H,1-6,9-10,12-13H2,(H,22,27). The van der Waals surface area contributed by atoms with Crippen molar-refractivity contribution in [1.82, 2.24) is 19.7 Å². The van der Waals surface area contributed by atoms with Gasteiger partial charge in [-0.25, -0.2) is 0 Å². The molecule has 0 saturated carbocycles. The first kappa shape index (κ1) is 18.7. The Hall–Kier alpha value is -2.35. The SMILES string of the molecule is O=C1CSc2ccc(C(=O)N3CCCC(c4nnc5n4CCCCC5)C3)cc2N1. The summed E-state index contributed by atoms with van der Waals surface area (Å²) < 4.78 is 2.30. The van der Waals surface area contributed by atoms with Crippen LogP contribution in [0.15, 0.2) is 23.1 Å². The fourth-order valence-electron chi connectivity index (χ4n) is 4.58. The first-order valence-electron chi connectivity index (χ1n) is 10.5. The summed E-state index contributed by atoms with van der Waals surface area (Å²) in [6, 6.07) is 5.62. The number of hydrogen-bond acceptors (Lipinski definition) is 5. The van der Waals surface area contributed by atoms with Gasteiger partial charge in [-0.1, -0.05) is 6.42 Å². The maximum absolute atomic E-state index is 13.2. The molecular weight excluding hydrogens is 386 g/mol. The van der Waals surface area contributed by atoms with Crippen molar-refractivity contribution >= 4 is 29.3 Å². The number of fused-ring (bicyclic) bond motifs is 2. The fourth-order valence-corrected chi connectivity index (χ4v) is 5.37. The van der Waals surface area contributed by atoms with Gasteiger partial charge in [-0.05, 0) is 43.9 Å². The monoisotopic (exact) mass is 411 g/mol. The molecule has 5 rings (SSSR count). The summed E-state index contributed by atoms with van der Waals surface area (Å²) in [6.45, 7) is 2.42. The molecule has 1 atom stereocenters. The number of nitrogens with one attached hydrogen (secondary N) is 1. The summed E-state index contributed by atoms with van der Waals surface area (Å²) in [5, 5.41) is 11.8. The molecule has 8 heteroatoms. The molecule has 2 amide bonds. The van der Waals surface area contributed by atoms with Crippen LogP contribution in [0, 0.1) is 0 Å². The third kappa shape index (κ3) is 3.66. The highest BCUT2D eigenvalue weighted by Gasteiger charge is 2.30. The van der Waals surface area contributed by atoms with Crippen molar-refractivity contribution in [3.63, 3.8) is 0 Å². The number of aromatic nitrogens is 3. The van der Waals surface area contributed by atoms with Crippen LogP contribution in [0.1, 0.15) is 60.0 Å². The van der Waals surface area contributed by atoms with E-state index in [1.165, 1.54) is 31.0 Å². The van der Waals surface area contributed by atoms with Crippen molar-refractivity contribution in [2.75, 3.05) is 24.2 Å². The predicted octanol–water partition coefficient (Wildman–Crippen LogP) is 3.07. The van der Waals surface area contributed by atoms with Gasteiger partial charge in [-0.3, -0.25) is 9.59 Å². The zero-order valence-corrected chi connectivity index (χ0v) is 17.2. The van der Waals surface area contributed by atoms with Gasteiger partial charge in [0.1, 0.15) is 11.6 Å². The van der Waals surface area contributed by atoms with Gasteiger partial charge >= 0.3 is 0 Å². The number of likely N-dealkylation sites (tertiary alicyclic amines) is 1. The van der Waals surface area contributed by atoms with E-state index in [0.717, 1.165) is 54.6 Å². The van der Waals surface area contributed by atoms with E-state index in [4.69, 9.17) is 0 Å². The minimum atomic E-state index is -0.0161. The number of aryl methyl sites for hydroxylation is 1. The highest BCUT2D eigenvalue weighted by Crippen LogP contribution is 2.33. The second kappa shape index (κ2) is 7.82. The van der Waals surface area contributed by atoms with Gasteiger partial charge in [0.15, 0.2) is 0 Å². The predicted molar refractivity (Wildman–Crippen MR) is 111 cm³/mol. The molecule has 1 N–H and O–H groups in total. The number of nitrogens with zero attached hydrogens (tertiary/aromatic N) is 4. The van der Waals surface area contributed by atoms with Gasteiger partial charge < -0.3 is 14.8 Å². The minimum absolute atomic E-state index is 0.0161. The zero-order chi connectivity index (χ0) is 19.8. The van der Waals surface area contributed by atoms with Crippen molar-refractivity contribution < 1.29 is 9.59 Å². The number of amides is 2. The molecule has 3 aliphatic rings. The third-order valence-electron chi connectivity index (χ3n) is 6.07. The molecule has 1 unspecified atom stereocenters. The van der Waals surface area contributed by atoms with Gasteiger partial charge in [-0.2, -0.15) is 0 Å². The number of thioether (sulfide) groups is 1. The molecule has 29 heavy (non-hydrogen) atoms. The van der Waals surface area contributed by atoms with Crippen LogP contribution in [0.2, 0.25) is 0 Å². The molecule has 152 valence electrons. The van der Waals surface area contributed by atoms with E-state index in [1.807, 2.05) is 23.1 Å². The molecule has 1 saturated heterocycles. The molecule has 4 heterocycles. The number of rotatable bonds is 2. The Morgan fingerprint density at radius 2 is 2.07 bits per heavy atom. The Kier molecular flexibility index (Phi) is 5.03. The summed E-state index contributed by atoms with van der Waals surface area (Å²) in [4.78, 5) is 27.8. The molecule has 0 aliphatic carbocycles.